The van der Waals surface area contributed by atoms with Gasteiger partial charge in [0.05, 0.1) is 22.8 Å². The summed E-state index contributed by atoms with van der Waals surface area (Å²) >= 11 is 0. The van der Waals surface area contributed by atoms with E-state index in [1.807, 2.05) is 0 Å². The van der Waals surface area contributed by atoms with Gasteiger partial charge in [0.1, 0.15) is 0 Å². The molecule has 0 radical (unpaired) electrons. The molecule has 1 aromatic heterocycles. The Morgan fingerprint density at radius 3 is 2.48 bits per heavy atom. The number of rotatable bonds is 5. The van der Waals surface area contributed by atoms with E-state index < -0.39 is 22.0 Å². The first-order valence-corrected chi connectivity index (χ1v) is 7.75. The lowest BCUT2D eigenvalue weighted by molar-refractivity contribution is -0.117. The molecule has 0 fully saturated rings. The molecule has 21 heavy (non-hydrogen) atoms. The Kier molecular flexibility index (Phi) is 4.66. The van der Waals surface area contributed by atoms with Gasteiger partial charge in [0.2, 0.25) is 15.9 Å². The zero-order chi connectivity index (χ0) is 15.3. The van der Waals surface area contributed by atoms with Crippen LogP contribution in [0.25, 0.3) is 0 Å². The predicted molar refractivity (Wildman–Crippen MR) is 79.1 cm³/mol. The van der Waals surface area contributed by atoms with Gasteiger partial charge in [-0.1, -0.05) is 18.2 Å². The van der Waals surface area contributed by atoms with E-state index in [1.54, 1.807) is 36.5 Å². The molecule has 2 aromatic rings. The maximum Gasteiger partial charge on any atom is 0.242 e. The lowest BCUT2D eigenvalue weighted by atomic mass is 10.3. The molecule has 7 heteroatoms. The van der Waals surface area contributed by atoms with Crippen LogP contribution < -0.4 is 10.0 Å². The van der Waals surface area contributed by atoms with Crippen molar-refractivity contribution < 1.29 is 13.2 Å². The minimum absolute atomic E-state index is 0.117. The van der Waals surface area contributed by atoms with Crippen LogP contribution in [-0.2, 0) is 14.8 Å². The van der Waals surface area contributed by atoms with Crippen molar-refractivity contribution >= 4 is 21.6 Å². The monoisotopic (exact) mass is 305 g/mol. The van der Waals surface area contributed by atoms with Crippen molar-refractivity contribution in [3.05, 3.63) is 54.9 Å². The van der Waals surface area contributed by atoms with Crippen molar-refractivity contribution in [2.24, 2.45) is 0 Å². The number of carbonyl (C=O) groups excluding carboxylic acids is 1. The number of nitrogens with one attached hydrogen (secondary N) is 2. The van der Waals surface area contributed by atoms with Crippen LogP contribution in [-0.4, -0.2) is 25.4 Å². The number of amides is 1. The minimum Gasteiger partial charge on any atom is -0.323 e. The van der Waals surface area contributed by atoms with E-state index in [0.717, 1.165) is 0 Å². The van der Waals surface area contributed by atoms with Crippen LogP contribution in [0, 0.1) is 0 Å². The summed E-state index contributed by atoms with van der Waals surface area (Å²) in [5.74, 6) is -0.456. The molecular weight excluding hydrogens is 290 g/mol. The lowest BCUT2D eigenvalue weighted by Gasteiger charge is -2.14. The van der Waals surface area contributed by atoms with E-state index in [9.17, 15) is 13.2 Å². The van der Waals surface area contributed by atoms with Crippen LogP contribution in [0.2, 0.25) is 0 Å². The van der Waals surface area contributed by atoms with Crippen molar-refractivity contribution in [2.75, 3.05) is 5.32 Å². The van der Waals surface area contributed by atoms with Gasteiger partial charge in [0.15, 0.2) is 0 Å². The molecule has 1 atom stereocenters. The zero-order valence-electron chi connectivity index (χ0n) is 11.4. The number of aromatic nitrogens is 1. The Morgan fingerprint density at radius 1 is 1.14 bits per heavy atom. The van der Waals surface area contributed by atoms with Crippen molar-refractivity contribution in [2.45, 2.75) is 17.9 Å². The molecule has 110 valence electrons. The fourth-order valence-electron chi connectivity index (χ4n) is 1.64. The fourth-order valence-corrected chi connectivity index (χ4v) is 2.87. The van der Waals surface area contributed by atoms with Crippen LogP contribution in [0.5, 0.6) is 0 Å². The topological polar surface area (TPSA) is 88.2 Å². The van der Waals surface area contributed by atoms with Gasteiger partial charge in [0.25, 0.3) is 0 Å². The summed E-state index contributed by atoms with van der Waals surface area (Å²) in [6, 6.07) is 10.3. The lowest BCUT2D eigenvalue weighted by Crippen LogP contribution is -2.41. The maximum absolute atomic E-state index is 12.1. The number of anilines is 1. The van der Waals surface area contributed by atoms with Crippen molar-refractivity contribution in [3.63, 3.8) is 0 Å². The van der Waals surface area contributed by atoms with Crippen LogP contribution >= 0.6 is 0 Å². The molecule has 0 aliphatic carbocycles. The Labute approximate surface area is 123 Å². The molecule has 0 saturated heterocycles. The van der Waals surface area contributed by atoms with Crippen molar-refractivity contribution in [1.82, 2.24) is 9.71 Å². The summed E-state index contributed by atoms with van der Waals surface area (Å²) in [5, 5.41) is 2.59. The standard InChI is InChI=1S/C14H15N3O3S/c1-11(14(18)16-12-6-5-9-15-10-12)17-21(19,20)13-7-3-2-4-8-13/h2-11,17H,1H3,(H,16,18). The molecule has 0 aliphatic rings. The van der Waals surface area contributed by atoms with E-state index in [0.29, 0.717) is 5.69 Å². The van der Waals surface area contributed by atoms with Gasteiger partial charge < -0.3 is 5.32 Å². The normalized spacial score (nSPS) is 12.6. The fraction of sp³-hybridized carbons (Fsp3) is 0.143. The third kappa shape index (κ3) is 4.11. The number of carbonyl (C=O) groups is 1. The number of hydrogen-bond acceptors (Lipinski definition) is 4. The van der Waals surface area contributed by atoms with E-state index in [-0.39, 0.29) is 4.90 Å². The molecule has 0 bridgehead atoms. The number of nitrogens with zero attached hydrogens (tertiary/aromatic N) is 1. The highest BCUT2D eigenvalue weighted by Gasteiger charge is 2.21. The second-order valence-electron chi connectivity index (χ2n) is 4.39. The number of hydrogen-bond donors (Lipinski definition) is 2. The highest BCUT2D eigenvalue weighted by molar-refractivity contribution is 7.89. The zero-order valence-corrected chi connectivity index (χ0v) is 12.2. The maximum atomic E-state index is 12.1. The molecule has 1 heterocycles. The molecular formula is C14H15N3O3S. The molecule has 2 rings (SSSR count). The summed E-state index contributed by atoms with van der Waals surface area (Å²) < 4.78 is 26.5. The van der Waals surface area contributed by atoms with E-state index >= 15 is 0 Å². The molecule has 0 spiro atoms. The second-order valence-corrected chi connectivity index (χ2v) is 6.10. The molecule has 1 amide bonds. The van der Waals surface area contributed by atoms with Crippen molar-refractivity contribution in [1.29, 1.82) is 0 Å². The van der Waals surface area contributed by atoms with E-state index in [2.05, 4.69) is 15.0 Å². The van der Waals surface area contributed by atoms with Gasteiger partial charge in [-0.3, -0.25) is 9.78 Å². The quantitative estimate of drug-likeness (QED) is 0.873. The van der Waals surface area contributed by atoms with Gasteiger partial charge in [0, 0.05) is 6.20 Å². The van der Waals surface area contributed by atoms with Gasteiger partial charge in [-0.15, -0.1) is 0 Å². The summed E-state index contributed by atoms with van der Waals surface area (Å²) in [4.78, 5) is 15.9. The molecule has 1 unspecified atom stereocenters. The van der Waals surface area contributed by atoms with Crippen LogP contribution in [0.1, 0.15) is 6.92 Å². The van der Waals surface area contributed by atoms with Gasteiger partial charge in [-0.25, -0.2) is 8.42 Å². The Bertz CT molecular complexity index is 703. The average molecular weight is 305 g/mol. The minimum atomic E-state index is -3.72. The Morgan fingerprint density at radius 2 is 1.86 bits per heavy atom. The van der Waals surface area contributed by atoms with E-state index in [1.165, 1.54) is 25.3 Å². The van der Waals surface area contributed by atoms with E-state index in [4.69, 9.17) is 0 Å². The number of benzene rings is 1. The first kappa shape index (κ1) is 15.1. The summed E-state index contributed by atoms with van der Waals surface area (Å²) in [7, 11) is -3.72. The molecule has 0 aliphatic heterocycles. The summed E-state index contributed by atoms with van der Waals surface area (Å²) in [6.45, 7) is 1.48. The highest BCUT2D eigenvalue weighted by Crippen LogP contribution is 2.09. The van der Waals surface area contributed by atoms with Crippen LogP contribution in [0.15, 0.2) is 59.8 Å². The number of pyridine rings is 1. The van der Waals surface area contributed by atoms with Gasteiger partial charge in [-0.05, 0) is 31.2 Å². The SMILES string of the molecule is CC(NS(=O)(=O)c1ccccc1)C(=O)Nc1cccnc1. The first-order valence-electron chi connectivity index (χ1n) is 6.27. The third-order valence-electron chi connectivity index (χ3n) is 2.71. The Balaban J connectivity index is 2.04. The summed E-state index contributed by atoms with van der Waals surface area (Å²) in [5.41, 5.74) is 0.508. The molecule has 6 nitrogen and oxygen atoms in total. The smallest absolute Gasteiger partial charge is 0.242 e. The molecule has 1 aromatic carbocycles. The second kappa shape index (κ2) is 6.47. The summed E-state index contributed by atoms with van der Waals surface area (Å²) in [6.07, 6.45) is 3.06. The first-order chi connectivity index (χ1) is 9.99. The largest absolute Gasteiger partial charge is 0.323 e. The molecule has 2 N–H and O–H groups in total. The third-order valence-corrected chi connectivity index (χ3v) is 4.26. The van der Waals surface area contributed by atoms with Crippen LogP contribution in [0.4, 0.5) is 5.69 Å². The van der Waals surface area contributed by atoms with Crippen LogP contribution in [0.3, 0.4) is 0 Å². The van der Waals surface area contributed by atoms with Gasteiger partial charge in [-0.2, -0.15) is 4.72 Å². The van der Waals surface area contributed by atoms with Crippen molar-refractivity contribution in [3.8, 4) is 0 Å². The van der Waals surface area contributed by atoms with Gasteiger partial charge >= 0.3 is 0 Å². The number of sulfonamides is 1. The molecule has 0 saturated carbocycles. The highest BCUT2D eigenvalue weighted by atomic mass is 32.2. The average Bonchev–Trinajstić information content (AvgIpc) is 2.48. The Hall–Kier alpha value is -2.25. The predicted octanol–water partition coefficient (Wildman–Crippen LogP) is 1.39.